The van der Waals surface area contributed by atoms with Gasteiger partial charge in [0.2, 0.25) is 5.78 Å². The predicted molar refractivity (Wildman–Crippen MR) is 121 cm³/mol. The number of aromatic nitrogens is 1. The number of Topliss-reactive ketones (excluding diaryl/α,β-unsaturated/α-hetero) is 1. The summed E-state index contributed by atoms with van der Waals surface area (Å²) in [6.07, 6.45) is 1.24. The molecule has 33 heavy (non-hydrogen) atoms. The number of ether oxygens (including phenoxy) is 2. The number of para-hydroxylation sites is 1. The van der Waals surface area contributed by atoms with Crippen molar-refractivity contribution < 1.29 is 28.7 Å². The van der Waals surface area contributed by atoms with E-state index in [9.17, 15) is 19.2 Å². The van der Waals surface area contributed by atoms with E-state index >= 15 is 0 Å². The van der Waals surface area contributed by atoms with Crippen LogP contribution in [-0.4, -0.2) is 59.9 Å². The van der Waals surface area contributed by atoms with Crippen LogP contribution in [0.25, 0.3) is 0 Å². The Morgan fingerprint density at radius 3 is 2.55 bits per heavy atom. The molecule has 176 valence electrons. The third-order valence-corrected chi connectivity index (χ3v) is 5.61. The van der Waals surface area contributed by atoms with E-state index in [0.717, 1.165) is 0 Å². The first-order chi connectivity index (χ1) is 15.8. The number of nitrogens with zero attached hydrogens (tertiary/aromatic N) is 1. The molecule has 1 atom stereocenters. The van der Waals surface area contributed by atoms with Crippen LogP contribution in [0.15, 0.2) is 30.3 Å². The highest BCUT2D eigenvalue weighted by Gasteiger charge is 2.30. The van der Waals surface area contributed by atoms with Gasteiger partial charge < -0.3 is 24.7 Å². The zero-order valence-corrected chi connectivity index (χ0v) is 19.1. The topological polar surface area (TPSA) is 118 Å². The molecule has 3 rings (SSSR count). The number of ketones is 1. The number of carbonyl (C=O) groups excluding carboxylic acids is 4. The molecule has 1 aromatic heterocycles. The van der Waals surface area contributed by atoms with Gasteiger partial charge in [-0.3, -0.25) is 9.59 Å². The lowest BCUT2D eigenvalue weighted by atomic mass is 9.98. The van der Waals surface area contributed by atoms with Crippen molar-refractivity contribution in [3.05, 3.63) is 52.8 Å². The predicted octanol–water partition coefficient (Wildman–Crippen LogP) is 3.48. The quantitative estimate of drug-likeness (QED) is 0.488. The van der Waals surface area contributed by atoms with Crippen LogP contribution in [0.1, 0.15) is 51.9 Å². The Labute approximate surface area is 192 Å². The van der Waals surface area contributed by atoms with E-state index in [-0.39, 0.29) is 24.9 Å². The molecule has 9 nitrogen and oxygen atoms in total. The Bertz CT molecular complexity index is 1030. The maximum atomic E-state index is 12.6. The van der Waals surface area contributed by atoms with Gasteiger partial charge in [0.15, 0.2) is 6.61 Å². The monoisotopic (exact) mass is 455 g/mol. The van der Waals surface area contributed by atoms with Crippen molar-refractivity contribution in [3.63, 3.8) is 0 Å². The number of likely N-dealkylation sites (tertiary alicyclic amines) is 1. The number of piperidine rings is 1. The van der Waals surface area contributed by atoms with Crippen molar-refractivity contribution in [3.8, 4) is 0 Å². The van der Waals surface area contributed by atoms with Gasteiger partial charge in [-0.25, -0.2) is 9.59 Å². The van der Waals surface area contributed by atoms with Crippen molar-refractivity contribution in [2.45, 2.75) is 33.6 Å². The van der Waals surface area contributed by atoms with Gasteiger partial charge in [0.25, 0.3) is 0 Å². The zero-order chi connectivity index (χ0) is 24.0. The van der Waals surface area contributed by atoms with Gasteiger partial charge >= 0.3 is 18.0 Å². The van der Waals surface area contributed by atoms with Crippen molar-refractivity contribution in [2.24, 2.45) is 5.92 Å². The number of aryl methyl sites for hydroxylation is 1. The number of carbonyl (C=O) groups is 4. The number of benzene rings is 1. The van der Waals surface area contributed by atoms with Gasteiger partial charge in [0.05, 0.1) is 23.8 Å². The molecule has 2 amide bonds. The number of anilines is 1. The Morgan fingerprint density at radius 1 is 1.12 bits per heavy atom. The molecule has 0 bridgehead atoms. The maximum Gasteiger partial charge on any atom is 0.340 e. The molecule has 1 aliphatic rings. The summed E-state index contributed by atoms with van der Waals surface area (Å²) in [5.74, 6) is -1.97. The molecule has 0 saturated carbocycles. The molecule has 0 spiro atoms. The van der Waals surface area contributed by atoms with Gasteiger partial charge in [-0.15, -0.1) is 0 Å². The molecule has 1 aliphatic heterocycles. The van der Waals surface area contributed by atoms with Gasteiger partial charge in [0.1, 0.15) is 0 Å². The third kappa shape index (κ3) is 5.79. The summed E-state index contributed by atoms with van der Waals surface area (Å²) < 4.78 is 10.3. The molecule has 1 fully saturated rings. The van der Waals surface area contributed by atoms with E-state index in [4.69, 9.17) is 9.47 Å². The molecule has 2 aromatic rings. The SMILES string of the molecule is CCOC(=O)c1c(C)[nH]c(C(=O)COC(=O)C2CCCN(C(=O)Nc3ccccc3)C2)c1C. The number of H-pyrrole nitrogens is 1. The molecule has 1 unspecified atom stereocenters. The zero-order valence-electron chi connectivity index (χ0n) is 19.1. The fraction of sp³-hybridized carbons (Fsp3) is 0.417. The Hall–Kier alpha value is -3.62. The third-order valence-electron chi connectivity index (χ3n) is 5.61. The summed E-state index contributed by atoms with van der Waals surface area (Å²) in [4.78, 5) is 54.4. The van der Waals surface area contributed by atoms with Crippen LogP contribution in [0, 0.1) is 19.8 Å². The summed E-state index contributed by atoms with van der Waals surface area (Å²) in [6, 6.07) is 8.81. The van der Waals surface area contributed by atoms with E-state index < -0.39 is 30.2 Å². The van der Waals surface area contributed by atoms with Crippen LogP contribution in [0.3, 0.4) is 0 Å². The molecule has 1 saturated heterocycles. The Balaban J connectivity index is 1.56. The van der Waals surface area contributed by atoms with E-state index in [1.54, 1.807) is 37.8 Å². The molecular formula is C24H29N3O6. The summed E-state index contributed by atoms with van der Waals surface area (Å²) in [6.45, 7) is 5.57. The summed E-state index contributed by atoms with van der Waals surface area (Å²) in [7, 11) is 0. The molecule has 0 radical (unpaired) electrons. The van der Waals surface area contributed by atoms with Crippen LogP contribution in [-0.2, 0) is 14.3 Å². The standard InChI is InChI=1S/C24H29N3O6/c1-4-32-23(30)20-15(2)21(25-16(20)3)19(28)14-33-22(29)17-9-8-12-27(13-17)24(31)26-18-10-6-5-7-11-18/h5-7,10-11,17,25H,4,8-9,12-14H2,1-3H3,(H,26,31). The summed E-state index contributed by atoms with van der Waals surface area (Å²) >= 11 is 0. The number of aromatic amines is 1. The fourth-order valence-electron chi connectivity index (χ4n) is 3.94. The van der Waals surface area contributed by atoms with E-state index in [1.807, 2.05) is 18.2 Å². The first-order valence-electron chi connectivity index (χ1n) is 11.0. The highest BCUT2D eigenvalue weighted by atomic mass is 16.5. The molecule has 1 aromatic carbocycles. The number of esters is 2. The van der Waals surface area contributed by atoms with Crippen LogP contribution >= 0.6 is 0 Å². The average molecular weight is 456 g/mol. The van der Waals surface area contributed by atoms with E-state index in [1.165, 1.54) is 0 Å². The Morgan fingerprint density at radius 2 is 1.85 bits per heavy atom. The first-order valence-corrected chi connectivity index (χ1v) is 11.0. The minimum absolute atomic E-state index is 0.218. The van der Waals surface area contributed by atoms with Crippen LogP contribution in [0.2, 0.25) is 0 Å². The fourth-order valence-corrected chi connectivity index (χ4v) is 3.94. The lowest BCUT2D eigenvalue weighted by Crippen LogP contribution is -2.44. The van der Waals surface area contributed by atoms with E-state index in [2.05, 4.69) is 10.3 Å². The highest BCUT2D eigenvalue weighted by molar-refractivity contribution is 6.02. The molecule has 2 heterocycles. The molecule has 2 N–H and O–H groups in total. The number of hydrogen-bond acceptors (Lipinski definition) is 6. The van der Waals surface area contributed by atoms with Gasteiger partial charge in [0, 0.05) is 24.5 Å². The first kappa shape index (κ1) is 24.0. The van der Waals surface area contributed by atoms with Crippen molar-refractivity contribution in [2.75, 3.05) is 31.6 Å². The number of urea groups is 1. The number of hydrogen-bond donors (Lipinski definition) is 2. The average Bonchev–Trinajstić information content (AvgIpc) is 3.12. The van der Waals surface area contributed by atoms with Crippen molar-refractivity contribution in [1.82, 2.24) is 9.88 Å². The largest absolute Gasteiger partial charge is 0.462 e. The van der Waals surface area contributed by atoms with Gasteiger partial charge in [-0.2, -0.15) is 0 Å². The van der Waals surface area contributed by atoms with Crippen LogP contribution in [0.4, 0.5) is 10.5 Å². The van der Waals surface area contributed by atoms with Crippen molar-refractivity contribution in [1.29, 1.82) is 0 Å². The highest BCUT2D eigenvalue weighted by Crippen LogP contribution is 2.21. The number of amides is 2. The molecule has 0 aliphatic carbocycles. The lowest BCUT2D eigenvalue weighted by molar-refractivity contribution is -0.148. The van der Waals surface area contributed by atoms with Crippen LogP contribution < -0.4 is 5.32 Å². The van der Waals surface area contributed by atoms with Gasteiger partial charge in [-0.1, -0.05) is 18.2 Å². The minimum atomic E-state index is -0.521. The number of nitrogens with one attached hydrogen (secondary N) is 2. The second-order valence-corrected chi connectivity index (χ2v) is 7.96. The Kier molecular flexibility index (Phi) is 7.87. The molecular weight excluding hydrogens is 426 g/mol. The second-order valence-electron chi connectivity index (χ2n) is 7.96. The summed E-state index contributed by atoms with van der Waals surface area (Å²) in [5, 5.41) is 2.81. The number of rotatable bonds is 7. The lowest BCUT2D eigenvalue weighted by Gasteiger charge is -2.31. The molecule has 9 heteroatoms. The van der Waals surface area contributed by atoms with Crippen LogP contribution in [0.5, 0.6) is 0 Å². The van der Waals surface area contributed by atoms with Gasteiger partial charge in [-0.05, 0) is 51.3 Å². The summed E-state index contributed by atoms with van der Waals surface area (Å²) in [5.41, 5.74) is 2.20. The van der Waals surface area contributed by atoms with Crippen molar-refractivity contribution >= 4 is 29.4 Å². The normalized spacial score (nSPS) is 15.6. The van der Waals surface area contributed by atoms with E-state index in [0.29, 0.717) is 41.9 Å². The smallest absolute Gasteiger partial charge is 0.340 e. The maximum absolute atomic E-state index is 12.6. The minimum Gasteiger partial charge on any atom is -0.462 e. The second kappa shape index (κ2) is 10.8.